The Morgan fingerprint density at radius 3 is 2.75 bits per heavy atom. The summed E-state index contributed by atoms with van der Waals surface area (Å²) in [6.45, 7) is 2.09. The zero-order chi connectivity index (χ0) is 16.9. The van der Waals surface area contributed by atoms with E-state index in [1.165, 1.54) is 16.7 Å². The number of carbonyl (C=O) groups is 1. The molecule has 4 nitrogen and oxygen atoms in total. The van der Waals surface area contributed by atoms with Gasteiger partial charge in [0.15, 0.2) is 0 Å². The topological polar surface area (TPSA) is 63.2 Å². The first-order chi connectivity index (χ1) is 11.4. The first-order valence-corrected chi connectivity index (χ1v) is 10.8. The van der Waals surface area contributed by atoms with E-state index in [1.807, 2.05) is 0 Å². The van der Waals surface area contributed by atoms with Gasteiger partial charge in [-0.15, -0.1) is 0 Å². The van der Waals surface area contributed by atoms with Crippen molar-refractivity contribution < 1.29 is 13.2 Å². The van der Waals surface area contributed by atoms with Crippen LogP contribution in [0.15, 0.2) is 18.2 Å². The number of rotatable bonds is 2. The van der Waals surface area contributed by atoms with Gasteiger partial charge in [0.2, 0.25) is 5.91 Å². The highest BCUT2D eigenvalue weighted by Gasteiger charge is 2.59. The van der Waals surface area contributed by atoms with Gasteiger partial charge < -0.3 is 5.32 Å². The Balaban J connectivity index is 1.45. The molecule has 0 bridgehead atoms. The molecule has 0 aromatic heterocycles. The summed E-state index contributed by atoms with van der Waals surface area (Å²) in [7, 11) is -2.87. The lowest BCUT2D eigenvalue weighted by Crippen LogP contribution is -2.35. The molecule has 1 spiro atoms. The van der Waals surface area contributed by atoms with Gasteiger partial charge in [-0.05, 0) is 62.0 Å². The highest BCUT2D eigenvalue weighted by atomic mass is 32.2. The van der Waals surface area contributed by atoms with Crippen LogP contribution in [0.2, 0.25) is 0 Å². The largest absolute Gasteiger partial charge is 0.349 e. The molecule has 24 heavy (non-hydrogen) atoms. The van der Waals surface area contributed by atoms with Crippen molar-refractivity contribution in [3.63, 3.8) is 0 Å². The summed E-state index contributed by atoms with van der Waals surface area (Å²) in [5.74, 6) is 0.654. The van der Waals surface area contributed by atoms with E-state index >= 15 is 0 Å². The number of sulfone groups is 1. The van der Waals surface area contributed by atoms with Gasteiger partial charge in [0.1, 0.15) is 9.84 Å². The van der Waals surface area contributed by atoms with Crippen molar-refractivity contribution in [2.75, 3.05) is 11.5 Å². The fourth-order valence-electron chi connectivity index (χ4n) is 4.56. The fourth-order valence-corrected chi connectivity index (χ4v) is 6.20. The number of carbonyl (C=O) groups excluding carboxylic acids is 1. The standard InChI is InChI=1S/C19H25NO3S/c1-13-5-6-14-3-2-4-17(15(14)11-13)20-18(21)16-12-19(16)7-9-24(22,23)10-8-19/h5-6,11,16-17H,2-4,7-10,12H2,1H3,(H,20,21)/t16-,17-/m0/s1. The molecule has 2 fully saturated rings. The molecule has 1 amide bonds. The van der Waals surface area contributed by atoms with E-state index in [0.29, 0.717) is 12.8 Å². The molecule has 0 radical (unpaired) electrons. The minimum absolute atomic E-state index is 0.0168. The summed E-state index contributed by atoms with van der Waals surface area (Å²) in [4.78, 5) is 12.7. The molecular formula is C19H25NO3S. The number of amides is 1. The molecule has 1 N–H and O–H groups in total. The average Bonchev–Trinajstić information content (AvgIpc) is 3.26. The van der Waals surface area contributed by atoms with Gasteiger partial charge in [-0.1, -0.05) is 23.8 Å². The van der Waals surface area contributed by atoms with Gasteiger partial charge >= 0.3 is 0 Å². The zero-order valence-corrected chi connectivity index (χ0v) is 15.0. The smallest absolute Gasteiger partial charge is 0.224 e. The van der Waals surface area contributed by atoms with Gasteiger partial charge in [0, 0.05) is 5.92 Å². The van der Waals surface area contributed by atoms with E-state index in [2.05, 4.69) is 30.4 Å². The molecule has 5 heteroatoms. The molecule has 2 atom stereocenters. The molecule has 4 rings (SSSR count). The van der Waals surface area contributed by atoms with Crippen LogP contribution in [-0.4, -0.2) is 25.8 Å². The molecule has 3 aliphatic rings. The zero-order valence-electron chi connectivity index (χ0n) is 14.2. The molecular weight excluding hydrogens is 322 g/mol. The molecule has 1 saturated carbocycles. The lowest BCUT2D eigenvalue weighted by molar-refractivity contribution is -0.124. The maximum atomic E-state index is 12.7. The number of nitrogens with one attached hydrogen (secondary N) is 1. The summed E-state index contributed by atoms with van der Waals surface area (Å²) >= 11 is 0. The van der Waals surface area contributed by atoms with Crippen LogP contribution in [0.25, 0.3) is 0 Å². The molecule has 1 aromatic carbocycles. The van der Waals surface area contributed by atoms with Crippen molar-refractivity contribution in [1.29, 1.82) is 0 Å². The Morgan fingerprint density at radius 1 is 1.25 bits per heavy atom. The second kappa shape index (κ2) is 5.58. The number of fused-ring (bicyclic) bond motifs is 1. The van der Waals surface area contributed by atoms with Crippen LogP contribution in [0.4, 0.5) is 0 Å². The normalized spacial score (nSPS) is 29.7. The summed E-state index contributed by atoms with van der Waals surface area (Å²) in [5.41, 5.74) is 3.83. The van der Waals surface area contributed by atoms with Crippen LogP contribution < -0.4 is 5.32 Å². The number of hydrogen-bond donors (Lipinski definition) is 1. The Labute approximate surface area is 143 Å². The maximum Gasteiger partial charge on any atom is 0.224 e. The molecule has 1 aliphatic heterocycles. The van der Waals surface area contributed by atoms with Crippen molar-refractivity contribution >= 4 is 15.7 Å². The van der Waals surface area contributed by atoms with E-state index in [9.17, 15) is 13.2 Å². The van der Waals surface area contributed by atoms with E-state index in [0.717, 1.165) is 25.7 Å². The first kappa shape index (κ1) is 16.1. The fraction of sp³-hybridized carbons (Fsp3) is 0.632. The van der Waals surface area contributed by atoms with Crippen molar-refractivity contribution in [2.24, 2.45) is 11.3 Å². The minimum Gasteiger partial charge on any atom is -0.349 e. The lowest BCUT2D eigenvalue weighted by atomic mass is 9.86. The highest BCUT2D eigenvalue weighted by Crippen LogP contribution is 2.60. The molecule has 1 saturated heterocycles. The van der Waals surface area contributed by atoms with Crippen LogP contribution in [0.3, 0.4) is 0 Å². The first-order valence-electron chi connectivity index (χ1n) is 8.99. The summed E-state index contributed by atoms with van der Waals surface area (Å²) in [5, 5.41) is 3.27. The van der Waals surface area contributed by atoms with Crippen molar-refractivity contribution in [1.82, 2.24) is 5.32 Å². The molecule has 0 unspecified atom stereocenters. The third-order valence-corrected chi connectivity index (χ3v) is 7.91. The lowest BCUT2D eigenvalue weighted by Gasteiger charge is -2.28. The van der Waals surface area contributed by atoms with Crippen molar-refractivity contribution in [2.45, 2.75) is 51.5 Å². The van der Waals surface area contributed by atoms with E-state index < -0.39 is 9.84 Å². The monoisotopic (exact) mass is 347 g/mol. The predicted molar refractivity (Wildman–Crippen MR) is 93.4 cm³/mol. The number of aryl methyl sites for hydroxylation is 2. The van der Waals surface area contributed by atoms with Crippen molar-refractivity contribution in [3.05, 3.63) is 34.9 Å². The third kappa shape index (κ3) is 2.87. The quantitative estimate of drug-likeness (QED) is 0.895. The molecule has 2 aliphatic carbocycles. The van der Waals surface area contributed by atoms with Gasteiger partial charge in [-0.3, -0.25) is 4.79 Å². The minimum atomic E-state index is -2.87. The van der Waals surface area contributed by atoms with E-state index in [-0.39, 0.29) is 34.8 Å². The van der Waals surface area contributed by atoms with Gasteiger partial charge in [0.25, 0.3) is 0 Å². The summed E-state index contributed by atoms with van der Waals surface area (Å²) in [6, 6.07) is 6.65. The van der Waals surface area contributed by atoms with Gasteiger partial charge in [0.05, 0.1) is 17.5 Å². The molecule has 1 heterocycles. The Kier molecular flexibility index (Phi) is 3.75. The van der Waals surface area contributed by atoms with Crippen LogP contribution in [0, 0.1) is 18.3 Å². The maximum absolute atomic E-state index is 12.7. The third-order valence-electron chi connectivity index (χ3n) is 6.26. The average molecular weight is 347 g/mol. The van der Waals surface area contributed by atoms with E-state index in [1.54, 1.807) is 0 Å². The Morgan fingerprint density at radius 2 is 2.00 bits per heavy atom. The Bertz CT molecular complexity index is 770. The van der Waals surface area contributed by atoms with Crippen LogP contribution in [0.5, 0.6) is 0 Å². The van der Waals surface area contributed by atoms with Crippen LogP contribution in [-0.2, 0) is 21.1 Å². The predicted octanol–water partition coefficient (Wildman–Crippen LogP) is 2.70. The summed E-state index contributed by atoms with van der Waals surface area (Å²) in [6.07, 6.45) is 5.38. The summed E-state index contributed by atoms with van der Waals surface area (Å²) < 4.78 is 23.3. The van der Waals surface area contributed by atoms with Gasteiger partial charge in [-0.25, -0.2) is 8.42 Å². The van der Waals surface area contributed by atoms with Crippen LogP contribution >= 0.6 is 0 Å². The van der Waals surface area contributed by atoms with Gasteiger partial charge in [-0.2, -0.15) is 0 Å². The highest BCUT2D eigenvalue weighted by molar-refractivity contribution is 7.91. The van der Waals surface area contributed by atoms with Crippen molar-refractivity contribution in [3.8, 4) is 0 Å². The SMILES string of the molecule is Cc1ccc2c(c1)[C@@H](NC(=O)[C@@H]1CC13CCS(=O)(=O)CC3)CCC2. The molecule has 130 valence electrons. The number of benzene rings is 1. The molecule has 1 aromatic rings. The Hall–Kier alpha value is -1.36. The second-order valence-corrected chi connectivity index (χ2v) is 10.2. The van der Waals surface area contributed by atoms with Crippen LogP contribution in [0.1, 0.15) is 54.8 Å². The van der Waals surface area contributed by atoms with E-state index in [4.69, 9.17) is 0 Å². The second-order valence-electron chi connectivity index (χ2n) is 7.93. The number of hydrogen-bond acceptors (Lipinski definition) is 3.